The molecule has 1 aliphatic rings. The molecule has 94 valence electrons. The van der Waals surface area contributed by atoms with Crippen molar-refractivity contribution in [2.24, 2.45) is 11.8 Å². The highest BCUT2D eigenvalue weighted by molar-refractivity contribution is 5.14. The van der Waals surface area contributed by atoms with Crippen molar-refractivity contribution < 1.29 is 0 Å². The van der Waals surface area contributed by atoms with Crippen LogP contribution in [0.1, 0.15) is 38.7 Å². The summed E-state index contributed by atoms with van der Waals surface area (Å²) in [6.07, 6.45) is 5.34. The maximum absolute atomic E-state index is 3.67. The lowest BCUT2D eigenvalue weighted by Crippen LogP contribution is -2.31. The molecule has 2 unspecified atom stereocenters. The molecule has 1 fully saturated rings. The first kappa shape index (κ1) is 12.6. The molecule has 2 atom stereocenters. The Labute approximate surface area is 106 Å². The molecule has 1 aliphatic carbocycles. The Bertz CT molecular complexity index is 316. The molecular formula is C16H25N. The number of hydrogen-bond donors (Lipinski definition) is 1. The Hall–Kier alpha value is -0.820. The van der Waals surface area contributed by atoms with E-state index in [9.17, 15) is 0 Å². The molecule has 1 aromatic rings. The normalized spacial score (nSPS) is 18.9. The van der Waals surface area contributed by atoms with Gasteiger partial charge in [-0.1, -0.05) is 37.3 Å². The fraction of sp³-hybridized carbons (Fsp3) is 0.625. The first-order valence-electron chi connectivity index (χ1n) is 7.03. The highest BCUT2D eigenvalue weighted by atomic mass is 14.9. The minimum Gasteiger partial charge on any atom is -0.314 e. The van der Waals surface area contributed by atoms with Crippen molar-refractivity contribution in [3.05, 3.63) is 35.9 Å². The van der Waals surface area contributed by atoms with Crippen LogP contribution in [0, 0.1) is 11.8 Å². The van der Waals surface area contributed by atoms with Gasteiger partial charge in [0.15, 0.2) is 0 Å². The van der Waals surface area contributed by atoms with Crippen LogP contribution < -0.4 is 5.32 Å². The third-order valence-electron chi connectivity index (χ3n) is 3.92. The fourth-order valence-electron chi connectivity index (χ4n) is 2.35. The lowest BCUT2D eigenvalue weighted by molar-refractivity contribution is 0.415. The predicted molar refractivity (Wildman–Crippen MR) is 74.1 cm³/mol. The van der Waals surface area contributed by atoms with Crippen molar-refractivity contribution in [2.75, 3.05) is 6.54 Å². The number of hydrogen-bond acceptors (Lipinski definition) is 1. The van der Waals surface area contributed by atoms with E-state index in [1.807, 2.05) is 0 Å². The third kappa shape index (κ3) is 4.51. The summed E-state index contributed by atoms with van der Waals surface area (Å²) in [7, 11) is 0. The summed E-state index contributed by atoms with van der Waals surface area (Å²) in [5.74, 6) is 1.89. The van der Waals surface area contributed by atoms with Crippen LogP contribution in [0.4, 0.5) is 0 Å². The summed E-state index contributed by atoms with van der Waals surface area (Å²) < 4.78 is 0. The van der Waals surface area contributed by atoms with Gasteiger partial charge in [0, 0.05) is 6.04 Å². The van der Waals surface area contributed by atoms with Crippen LogP contribution in [-0.2, 0) is 6.42 Å². The maximum Gasteiger partial charge on any atom is 0.00420 e. The Morgan fingerprint density at radius 1 is 1.18 bits per heavy atom. The second-order valence-electron chi connectivity index (χ2n) is 5.65. The second kappa shape index (κ2) is 6.20. The van der Waals surface area contributed by atoms with Gasteiger partial charge in [-0.25, -0.2) is 0 Å². The minimum atomic E-state index is 0.636. The van der Waals surface area contributed by atoms with Crippen molar-refractivity contribution in [2.45, 2.75) is 45.6 Å². The Morgan fingerprint density at radius 2 is 1.88 bits per heavy atom. The molecule has 1 saturated carbocycles. The quantitative estimate of drug-likeness (QED) is 0.755. The van der Waals surface area contributed by atoms with E-state index in [1.54, 1.807) is 0 Å². The minimum absolute atomic E-state index is 0.636. The van der Waals surface area contributed by atoms with Crippen LogP contribution in [0.3, 0.4) is 0 Å². The standard InChI is InChI=1S/C16H25N/c1-13(16-10-11-16)12-17-14(2)8-9-15-6-4-3-5-7-15/h3-7,13-14,16-17H,8-12H2,1-2H3. The van der Waals surface area contributed by atoms with Gasteiger partial charge in [0.05, 0.1) is 0 Å². The first-order valence-corrected chi connectivity index (χ1v) is 7.03. The average Bonchev–Trinajstić information content (AvgIpc) is 3.19. The fourth-order valence-corrected chi connectivity index (χ4v) is 2.35. The van der Waals surface area contributed by atoms with Crippen molar-refractivity contribution in [3.63, 3.8) is 0 Å². The highest BCUT2D eigenvalue weighted by Crippen LogP contribution is 2.36. The third-order valence-corrected chi connectivity index (χ3v) is 3.92. The molecule has 1 heteroatoms. The van der Waals surface area contributed by atoms with Crippen LogP contribution in [0.25, 0.3) is 0 Å². The molecule has 0 spiro atoms. The van der Waals surface area contributed by atoms with Crippen molar-refractivity contribution in [1.82, 2.24) is 5.32 Å². The van der Waals surface area contributed by atoms with Crippen LogP contribution in [0.2, 0.25) is 0 Å². The molecule has 1 N–H and O–H groups in total. The smallest absolute Gasteiger partial charge is 0.00420 e. The van der Waals surface area contributed by atoms with E-state index in [2.05, 4.69) is 49.5 Å². The Balaban J connectivity index is 1.61. The van der Waals surface area contributed by atoms with Gasteiger partial charge in [-0.15, -0.1) is 0 Å². The molecule has 17 heavy (non-hydrogen) atoms. The summed E-state index contributed by atoms with van der Waals surface area (Å²) in [5, 5.41) is 3.67. The number of aryl methyl sites for hydroxylation is 1. The molecule has 0 aliphatic heterocycles. The SMILES string of the molecule is CC(CCc1ccccc1)NCC(C)C1CC1. The van der Waals surface area contributed by atoms with Gasteiger partial charge in [-0.3, -0.25) is 0 Å². The summed E-state index contributed by atoms with van der Waals surface area (Å²) in [4.78, 5) is 0. The van der Waals surface area contributed by atoms with Gasteiger partial charge in [-0.05, 0) is 56.6 Å². The van der Waals surface area contributed by atoms with Gasteiger partial charge in [0.25, 0.3) is 0 Å². The van der Waals surface area contributed by atoms with Gasteiger partial charge < -0.3 is 5.32 Å². The average molecular weight is 231 g/mol. The molecular weight excluding hydrogens is 206 g/mol. The molecule has 0 bridgehead atoms. The zero-order valence-corrected chi connectivity index (χ0v) is 11.2. The zero-order chi connectivity index (χ0) is 12.1. The largest absolute Gasteiger partial charge is 0.314 e. The van der Waals surface area contributed by atoms with E-state index in [1.165, 1.54) is 37.8 Å². The topological polar surface area (TPSA) is 12.0 Å². The van der Waals surface area contributed by atoms with Gasteiger partial charge in [-0.2, -0.15) is 0 Å². The first-order chi connectivity index (χ1) is 8.25. The van der Waals surface area contributed by atoms with E-state index >= 15 is 0 Å². The monoisotopic (exact) mass is 231 g/mol. The van der Waals surface area contributed by atoms with E-state index in [0.717, 1.165) is 11.8 Å². The molecule has 0 radical (unpaired) electrons. The summed E-state index contributed by atoms with van der Waals surface area (Å²) in [6.45, 7) is 5.89. The molecule has 1 aromatic carbocycles. The maximum atomic E-state index is 3.67. The van der Waals surface area contributed by atoms with Crippen molar-refractivity contribution in [3.8, 4) is 0 Å². The lowest BCUT2D eigenvalue weighted by Gasteiger charge is -2.17. The molecule has 2 rings (SSSR count). The summed E-state index contributed by atoms with van der Waals surface area (Å²) >= 11 is 0. The van der Waals surface area contributed by atoms with E-state index < -0.39 is 0 Å². The van der Waals surface area contributed by atoms with Crippen LogP contribution in [-0.4, -0.2) is 12.6 Å². The van der Waals surface area contributed by atoms with E-state index in [-0.39, 0.29) is 0 Å². The predicted octanol–water partition coefficient (Wildman–Crippen LogP) is 3.64. The Morgan fingerprint density at radius 3 is 2.53 bits per heavy atom. The van der Waals surface area contributed by atoms with Crippen molar-refractivity contribution >= 4 is 0 Å². The molecule has 0 aromatic heterocycles. The van der Waals surface area contributed by atoms with Crippen molar-refractivity contribution in [1.29, 1.82) is 0 Å². The van der Waals surface area contributed by atoms with E-state index in [4.69, 9.17) is 0 Å². The zero-order valence-electron chi connectivity index (χ0n) is 11.2. The lowest BCUT2D eigenvalue weighted by atomic mass is 10.0. The van der Waals surface area contributed by atoms with Crippen LogP contribution >= 0.6 is 0 Å². The van der Waals surface area contributed by atoms with E-state index in [0.29, 0.717) is 6.04 Å². The second-order valence-corrected chi connectivity index (χ2v) is 5.65. The summed E-state index contributed by atoms with van der Waals surface area (Å²) in [6, 6.07) is 11.4. The summed E-state index contributed by atoms with van der Waals surface area (Å²) in [5.41, 5.74) is 1.45. The molecule has 1 nitrogen and oxygen atoms in total. The molecule has 0 amide bonds. The number of benzene rings is 1. The van der Waals surface area contributed by atoms with Gasteiger partial charge in [0.2, 0.25) is 0 Å². The van der Waals surface area contributed by atoms with Gasteiger partial charge >= 0.3 is 0 Å². The number of rotatable bonds is 7. The highest BCUT2D eigenvalue weighted by Gasteiger charge is 2.27. The van der Waals surface area contributed by atoms with Crippen LogP contribution in [0.15, 0.2) is 30.3 Å². The number of nitrogens with one attached hydrogen (secondary N) is 1. The Kier molecular flexibility index (Phi) is 4.61. The van der Waals surface area contributed by atoms with Crippen LogP contribution in [0.5, 0.6) is 0 Å². The molecule has 0 saturated heterocycles. The van der Waals surface area contributed by atoms with Gasteiger partial charge in [0.1, 0.15) is 0 Å². The molecule has 0 heterocycles.